The zero-order valence-corrected chi connectivity index (χ0v) is 14.2. The second-order valence-corrected chi connectivity index (χ2v) is 8.40. The molecule has 3 N–H and O–H groups in total. The van der Waals surface area contributed by atoms with Crippen LogP contribution in [-0.2, 0) is 11.2 Å². The second-order valence-electron chi connectivity index (χ2n) is 8.40. The normalized spacial score (nSPS) is 40.5. The fraction of sp³-hybridized carbons (Fsp3) is 0.650. The van der Waals surface area contributed by atoms with E-state index in [0.717, 1.165) is 32.1 Å². The van der Waals surface area contributed by atoms with E-state index in [9.17, 15) is 20.1 Å². The second kappa shape index (κ2) is 5.22. The van der Waals surface area contributed by atoms with Gasteiger partial charge in [0.15, 0.2) is 0 Å². The number of rotatable bonds is 2. The molecule has 0 spiro atoms. The number of aliphatic carboxylic acids is 1. The summed E-state index contributed by atoms with van der Waals surface area (Å²) in [6, 6.07) is 5.75. The monoisotopic (exact) mass is 330 g/mol. The van der Waals surface area contributed by atoms with Crippen LogP contribution in [0.4, 0.5) is 0 Å². The number of aliphatic hydroxyl groups is 1. The first kappa shape index (κ1) is 15.9. The molecule has 5 atom stereocenters. The average Bonchev–Trinajstić information content (AvgIpc) is 2.77. The molecule has 0 amide bonds. The first-order chi connectivity index (χ1) is 11.3. The zero-order chi connectivity index (χ0) is 17.1. The highest BCUT2D eigenvalue weighted by molar-refractivity contribution is 5.68. The van der Waals surface area contributed by atoms with Crippen molar-refractivity contribution in [3.8, 4) is 5.75 Å². The fourth-order valence-corrected chi connectivity index (χ4v) is 6.22. The molecular weight excluding hydrogens is 304 g/mol. The number of carboxylic acids is 1. The van der Waals surface area contributed by atoms with Gasteiger partial charge in [-0.3, -0.25) is 4.79 Å². The first-order valence-electron chi connectivity index (χ1n) is 9.10. The maximum atomic E-state index is 11.3. The Bertz CT molecular complexity index is 684. The van der Waals surface area contributed by atoms with E-state index >= 15 is 0 Å². The number of phenols is 1. The van der Waals surface area contributed by atoms with Gasteiger partial charge in [-0.05, 0) is 79.5 Å². The largest absolute Gasteiger partial charge is 0.508 e. The van der Waals surface area contributed by atoms with Crippen LogP contribution >= 0.6 is 0 Å². The minimum Gasteiger partial charge on any atom is -0.508 e. The summed E-state index contributed by atoms with van der Waals surface area (Å²) in [6.45, 7) is 2.12. The number of phenolic OH excluding ortho intramolecular Hbond substituents is 1. The molecule has 4 rings (SSSR count). The predicted octanol–water partition coefficient (Wildman–Crippen LogP) is 3.45. The SMILES string of the molecule is C[C@]12CC[C@@H]3c4ccc(O)cc4CC[C@H]3[C@@H]1CC[C@]2(O)CC(=O)O. The molecule has 0 aliphatic heterocycles. The number of carbonyl (C=O) groups is 1. The highest BCUT2D eigenvalue weighted by atomic mass is 16.4. The van der Waals surface area contributed by atoms with E-state index in [1.54, 1.807) is 6.07 Å². The lowest BCUT2D eigenvalue weighted by Crippen LogP contribution is -2.51. The van der Waals surface area contributed by atoms with Crippen LogP contribution in [0.1, 0.15) is 62.5 Å². The van der Waals surface area contributed by atoms with Gasteiger partial charge in [0.1, 0.15) is 5.75 Å². The van der Waals surface area contributed by atoms with Crippen LogP contribution in [-0.4, -0.2) is 26.9 Å². The van der Waals surface area contributed by atoms with Gasteiger partial charge in [-0.2, -0.15) is 0 Å². The van der Waals surface area contributed by atoms with Gasteiger partial charge in [-0.1, -0.05) is 13.0 Å². The van der Waals surface area contributed by atoms with Crippen molar-refractivity contribution in [1.82, 2.24) is 0 Å². The fourth-order valence-electron chi connectivity index (χ4n) is 6.22. The van der Waals surface area contributed by atoms with Crippen molar-refractivity contribution >= 4 is 5.97 Å². The molecular formula is C20H26O4. The average molecular weight is 330 g/mol. The Labute approximate surface area is 142 Å². The molecule has 1 aromatic rings. The smallest absolute Gasteiger partial charge is 0.306 e. The summed E-state index contributed by atoms with van der Waals surface area (Å²) in [4.78, 5) is 11.3. The van der Waals surface area contributed by atoms with Gasteiger partial charge in [0.2, 0.25) is 0 Å². The Hall–Kier alpha value is -1.55. The summed E-state index contributed by atoms with van der Waals surface area (Å²) < 4.78 is 0. The van der Waals surface area contributed by atoms with Crippen molar-refractivity contribution in [3.05, 3.63) is 29.3 Å². The van der Waals surface area contributed by atoms with Crippen molar-refractivity contribution in [2.24, 2.45) is 17.3 Å². The van der Waals surface area contributed by atoms with Crippen molar-refractivity contribution in [3.63, 3.8) is 0 Å². The van der Waals surface area contributed by atoms with Gasteiger partial charge in [-0.25, -0.2) is 0 Å². The molecule has 0 aromatic heterocycles. The summed E-state index contributed by atoms with van der Waals surface area (Å²) >= 11 is 0. The van der Waals surface area contributed by atoms with Crippen LogP contribution in [0.15, 0.2) is 18.2 Å². The Kier molecular flexibility index (Phi) is 3.47. The lowest BCUT2D eigenvalue weighted by molar-refractivity contribution is -0.153. The van der Waals surface area contributed by atoms with Gasteiger partial charge >= 0.3 is 5.97 Å². The third-order valence-electron chi connectivity index (χ3n) is 7.48. The van der Waals surface area contributed by atoms with E-state index in [1.807, 2.05) is 6.07 Å². The van der Waals surface area contributed by atoms with Crippen LogP contribution in [0.3, 0.4) is 0 Å². The van der Waals surface area contributed by atoms with Crippen molar-refractivity contribution in [2.45, 2.75) is 63.4 Å². The predicted molar refractivity (Wildman–Crippen MR) is 89.9 cm³/mol. The van der Waals surface area contributed by atoms with Crippen LogP contribution in [0.2, 0.25) is 0 Å². The number of hydrogen-bond acceptors (Lipinski definition) is 3. The lowest BCUT2D eigenvalue weighted by Gasteiger charge is -2.53. The van der Waals surface area contributed by atoms with Gasteiger partial charge in [0, 0.05) is 5.41 Å². The Morgan fingerprint density at radius 2 is 2.04 bits per heavy atom. The Balaban J connectivity index is 1.67. The molecule has 2 fully saturated rings. The molecule has 0 saturated heterocycles. The van der Waals surface area contributed by atoms with Crippen LogP contribution in [0.5, 0.6) is 5.75 Å². The maximum absolute atomic E-state index is 11.3. The first-order valence-corrected chi connectivity index (χ1v) is 9.10. The van der Waals surface area contributed by atoms with E-state index in [1.165, 1.54) is 11.1 Å². The number of aromatic hydroxyl groups is 1. The molecule has 2 saturated carbocycles. The van der Waals surface area contributed by atoms with E-state index in [4.69, 9.17) is 0 Å². The van der Waals surface area contributed by atoms with E-state index in [2.05, 4.69) is 13.0 Å². The van der Waals surface area contributed by atoms with Gasteiger partial charge in [-0.15, -0.1) is 0 Å². The molecule has 1 aromatic carbocycles. The molecule has 0 unspecified atom stereocenters. The van der Waals surface area contributed by atoms with E-state index in [0.29, 0.717) is 29.9 Å². The quantitative estimate of drug-likeness (QED) is 0.776. The molecule has 130 valence electrons. The third-order valence-corrected chi connectivity index (χ3v) is 7.48. The molecule has 4 nitrogen and oxygen atoms in total. The van der Waals surface area contributed by atoms with Crippen molar-refractivity contribution in [2.75, 3.05) is 0 Å². The summed E-state index contributed by atoms with van der Waals surface area (Å²) in [6.07, 6.45) is 5.31. The third kappa shape index (κ3) is 2.12. The van der Waals surface area contributed by atoms with Gasteiger partial charge in [0.05, 0.1) is 12.0 Å². The Morgan fingerprint density at radius 3 is 2.79 bits per heavy atom. The highest BCUT2D eigenvalue weighted by Crippen LogP contribution is 2.65. The topological polar surface area (TPSA) is 77.8 Å². The van der Waals surface area contributed by atoms with Crippen molar-refractivity contribution < 1.29 is 20.1 Å². The summed E-state index contributed by atoms with van der Waals surface area (Å²) in [5.41, 5.74) is 1.27. The molecule has 24 heavy (non-hydrogen) atoms. The number of benzene rings is 1. The maximum Gasteiger partial charge on any atom is 0.306 e. The number of fused-ring (bicyclic) bond motifs is 5. The molecule has 3 aliphatic rings. The van der Waals surface area contributed by atoms with Crippen molar-refractivity contribution in [1.29, 1.82) is 0 Å². The van der Waals surface area contributed by atoms with E-state index < -0.39 is 11.6 Å². The summed E-state index contributed by atoms with van der Waals surface area (Å²) in [5.74, 6) is 0.835. The molecule has 0 heterocycles. The molecule has 0 radical (unpaired) electrons. The molecule has 4 heteroatoms. The zero-order valence-electron chi connectivity index (χ0n) is 14.2. The van der Waals surface area contributed by atoms with Crippen LogP contribution in [0.25, 0.3) is 0 Å². The molecule has 0 bridgehead atoms. The van der Waals surface area contributed by atoms with Gasteiger partial charge < -0.3 is 15.3 Å². The van der Waals surface area contributed by atoms with Crippen LogP contribution < -0.4 is 0 Å². The number of hydrogen-bond donors (Lipinski definition) is 3. The summed E-state index contributed by atoms with van der Waals surface area (Å²) in [7, 11) is 0. The Morgan fingerprint density at radius 1 is 1.25 bits per heavy atom. The number of carboxylic acid groups (broad SMARTS) is 1. The lowest BCUT2D eigenvalue weighted by atomic mass is 9.53. The van der Waals surface area contributed by atoms with Gasteiger partial charge in [0.25, 0.3) is 0 Å². The summed E-state index contributed by atoms with van der Waals surface area (Å²) in [5, 5.41) is 30.1. The highest BCUT2D eigenvalue weighted by Gasteiger charge is 2.61. The minimum atomic E-state index is -1.07. The van der Waals surface area contributed by atoms with Crippen LogP contribution in [0, 0.1) is 17.3 Å². The van der Waals surface area contributed by atoms with E-state index in [-0.39, 0.29) is 11.8 Å². The minimum absolute atomic E-state index is 0.137. The number of aryl methyl sites for hydroxylation is 1. The standard InChI is InChI=1S/C20H26O4/c1-19-8-6-15-14-5-3-13(21)10-12(14)2-4-16(15)17(19)7-9-20(19,24)11-18(22)23/h3,5,10,15-17,21,24H,2,4,6-9,11H2,1H3,(H,22,23)/t15-,16-,17+,19+,20+/m1/s1. The molecule has 3 aliphatic carbocycles.